The van der Waals surface area contributed by atoms with E-state index in [2.05, 4.69) is 10.2 Å². The summed E-state index contributed by atoms with van der Waals surface area (Å²) in [6.45, 7) is 1.62. The molecule has 2 aromatic rings. The number of halogens is 1. The number of hydrogen-bond donors (Lipinski definition) is 1. The number of carbonyl (C=O) groups excluding carboxylic acids is 1. The molecule has 1 saturated heterocycles. The van der Waals surface area contributed by atoms with Crippen molar-refractivity contribution in [2.45, 2.75) is 25.2 Å². The molecular weight excluding hydrogens is 281 g/mol. The van der Waals surface area contributed by atoms with Crippen LogP contribution in [0.4, 0.5) is 4.39 Å². The van der Waals surface area contributed by atoms with Crippen molar-refractivity contribution in [3.63, 3.8) is 0 Å². The van der Waals surface area contributed by atoms with Crippen molar-refractivity contribution in [2.75, 3.05) is 13.1 Å². The predicted molar refractivity (Wildman–Crippen MR) is 80.6 cm³/mol. The van der Waals surface area contributed by atoms with E-state index in [9.17, 15) is 9.18 Å². The summed E-state index contributed by atoms with van der Waals surface area (Å²) < 4.78 is 13.0. The van der Waals surface area contributed by atoms with Crippen LogP contribution >= 0.6 is 0 Å². The first-order chi connectivity index (χ1) is 10.7. The summed E-state index contributed by atoms with van der Waals surface area (Å²) >= 11 is 0. The summed E-state index contributed by atoms with van der Waals surface area (Å²) in [6.07, 6.45) is 3.08. The molecule has 1 aliphatic heterocycles. The maximum absolute atomic E-state index is 13.0. The quantitative estimate of drug-likeness (QED) is 0.947. The van der Waals surface area contributed by atoms with Crippen molar-refractivity contribution in [3.8, 4) is 11.3 Å². The molecule has 1 amide bonds. The van der Waals surface area contributed by atoms with Crippen molar-refractivity contribution in [2.24, 2.45) is 5.92 Å². The summed E-state index contributed by atoms with van der Waals surface area (Å²) in [5, 5.41) is 7.41. The summed E-state index contributed by atoms with van der Waals surface area (Å²) in [5.41, 5.74) is 2.78. The molecule has 114 valence electrons. The minimum absolute atomic E-state index is 0.246. The molecule has 2 aliphatic rings. The molecule has 1 atom stereocenters. The number of hydrogen-bond acceptors (Lipinski definition) is 2. The van der Waals surface area contributed by atoms with Gasteiger partial charge in [0.2, 0.25) is 5.91 Å². The van der Waals surface area contributed by atoms with Crippen molar-refractivity contribution in [1.82, 2.24) is 15.1 Å². The largest absolute Gasteiger partial charge is 0.342 e. The molecule has 5 heteroatoms. The van der Waals surface area contributed by atoms with Gasteiger partial charge in [0.1, 0.15) is 5.82 Å². The molecule has 4 nitrogen and oxygen atoms in total. The van der Waals surface area contributed by atoms with E-state index >= 15 is 0 Å². The van der Waals surface area contributed by atoms with Gasteiger partial charge in [-0.1, -0.05) is 0 Å². The summed E-state index contributed by atoms with van der Waals surface area (Å²) in [6, 6.07) is 8.35. The van der Waals surface area contributed by atoms with Gasteiger partial charge >= 0.3 is 0 Å². The molecule has 2 fully saturated rings. The fourth-order valence-corrected chi connectivity index (χ4v) is 3.12. The highest BCUT2D eigenvalue weighted by Crippen LogP contribution is 2.35. The molecule has 1 aliphatic carbocycles. The van der Waals surface area contributed by atoms with Gasteiger partial charge in [-0.2, -0.15) is 5.10 Å². The third-order valence-electron chi connectivity index (χ3n) is 4.60. The Morgan fingerprint density at radius 2 is 2.00 bits per heavy atom. The van der Waals surface area contributed by atoms with E-state index in [4.69, 9.17) is 0 Å². The van der Waals surface area contributed by atoms with Gasteiger partial charge in [-0.15, -0.1) is 0 Å². The zero-order valence-electron chi connectivity index (χ0n) is 12.3. The fourth-order valence-electron chi connectivity index (χ4n) is 3.12. The van der Waals surface area contributed by atoms with Crippen LogP contribution < -0.4 is 0 Å². The lowest BCUT2D eigenvalue weighted by atomic mass is 10.0. The highest BCUT2D eigenvalue weighted by molar-refractivity contribution is 5.81. The Balaban J connectivity index is 1.47. The predicted octanol–water partition coefficient (Wildman–Crippen LogP) is 2.94. The van der Waals surface area contributed by atoms with Gasteiger partial charge in [0.05, 0.1) is 5.69 Å². The highest BCUT2D eigenvalue weighted by Gasteiger charge is 2.37. The van der Waals surface area contributed by atoms with Gasteiger partial charge in [-0.25, -0.2) is 4.39 Å². The molecule has 1 saturated carbocycles. The normalized spacial score (nSPS) is 21.3. The van der Waals surface area contributed by atoms with E-state index in [0.717, 1.165) is 49.3 Å². The lowest BCUT2D eigenvalue weighted by molar-refractivity contribution is -0.131. The maximum Gasteiger partial charge on any atom is 0.225 e. The van der Waals surface area contributed by atoms with E-state index in [-0.39, 0.29) is 11.7 Å². The monoisotopic (exact) mass is 299 g/mol. The minimum atomic E-state index is -0.246. The topological polar surface area (TPSA) is 49.0 Å². The Morgan fingerprint density at radius 1 is 1.23 bits per heavy atom. The number of nitrogens with one attached hydrogen (secondary N) is 1. The van der Waals surface area contributed by atoms with Gasteiger partial charge in [-0.05, 0) is 49.6 Å². The fraction of sp³-hybridized carbons (Fsp3) is 0.412. The minimum Gasteiger partial charge on any atom is -0.342 e. The maximum atomic E-state index is 13.0. The van der Waals surface area contributed by atoms with Crippen LogP contribution in [0.15, 0.2) is 30.3 Å². The van der Waals surface area contributed by atoms with Crippen LogP contribution in [0.2, 0.25) is 0 Å². The van der Waals surface area contributed by atoms with E-state index < -0.39 is 0 Å². The van der Waals surface area contributed by atoms with Crippen LogP contribution in [0, 0.1) is 11.7 Å². The smallest absolute Gasteiger partial charge is 0.225 e. The van der Waals surface area contributed by atoms with Crippen LogP contribution in [0.1, 0.15) is 30.9 Å². The molecule has 1 aromatic heterocycles. The second-order valence-electron chi connectivity index (χ2n) is 6.26. The second-order valence-corrected chi connectivity index (χ2v) is 6.26. The third kappa shape index (κ3) is 2.51. The number of likely N-dealkylation sites (tertiary alicyclic amines) is 1. The van der Waals surface area contributed by atoms with Gasteiger partial charge < -0.3 is 4.90 Å². The molecule has 1 N–H and O–H groups in total. The highest BCUT2D eigenvalue weighted by atomic mass is 19.1. The van der Waals surface area contributed by atoms with Crippen molar-refractivity contribution in [1.29, 1.82) is 0 Å². The van der Waals surface area contributed by atoms with Crippen LogP contribution in [-0.2, 0) is 4.79 Å². The molecular formula is C17H18FN3O. The Morgan fingerprint density at radius 3 is 2.73 bits per heavy atom. The summed E-state index contributed by atoms with van der Waals surface area (Å²) in [7, 11) is 0. The van der Waals surface area contributed by atoms with Gasteiger partial charge in [-0.3, -0.25) is 9.89 Å². The van der Waals surface area contributed by atoms with Crippen LogP contribution in [0.5, 0.6) is 0 Å². The molecule has 0 spiro atoms. The third-order valence-corrected chi connectivity index (χ3v) is 4.60. The van der Waals surface area contributed by atoms with Crippen LogP contribution in [0.3, 0.4) is 0 Å². The number of H-pyrrole nitrogens is 1. The lowest BCUT2D eigenvalue weighted by Crippen LogP contribution is -2.29. The van der Waals surface area contributed by atoms with Crippen LogP contribution in [-0.4, -0.2) is 34.1 Å². The molecule has 1 aromatic carbocycles. The molecule has 0 radical (unpaired) electrons. The van der Waals surface area contributed by atoms with Gasteiger partial charge in [0, 0.05) is 36.2 Å². The first-order valence-electron chi connectivity index (χ1n) is 7.81. The number of amides is 1. The Hall–Kier alpha value is -2.17. The number of carbonyl (C=O) groups is 1. The second kappa shape index (κ2) is 5.23. The van der Waals surface area contributed by atoms with Crippen molar-refractivity contribution < 1.29 is 9.18 Å². The number of rotatable bonds is 3. The first kappa shape index (κ1) is 13.5. The number of aromatic nitrogens is 2. The average Bonchev–Trinajstić information content (AvgIpc) is 3.06. The summed E-state index contributed by atoms with van der Waals surface area (Å²) in [4.78, 5) is 14.1. The molecule has 22 heavy (non-hydrogen) atoms. The molecule has 0 bridgehead atoms. The van der Waals surface area contributed by atoms with E-state index in [0.29, 0.717) is 11.8 Å². The standard InChI is InChI=1S/C17H18FN3O/c18-14-5-3-11(4-6-14)15-9-16(20-19-15)13-7-8-21(10-13)17(22)12-1-2-12/h3-6,9,12-13H,1-2,7-8,10H2,(H,19,20)/t13-/m0/s1. The Labute approximate surface area is 128 Å². The number of aromatic amines is 1. The van der Waals surface area contributed by atoms with E-state index in [1.54, 1.807) is 12.1 Å². The van der Waals surface area contributed by atoms with Gasteiger partial charge in [0.15, 0.2) is 0 Å². The lowest BCUT2D eigenvalue weighted by Gasteiger charge is -2.15. The zero-order chi connectivity index (χ0) is 15.1. The summed E-state index contributed by atoms with van der Waals surface area (Å²) in [5.74, 6) is 0.685. The van der Waals surface area contributed by atoms with Crippen molar-refractivity contribution >= 4 is 5.91 Å². The molecule has 4 rings (SSSR count). The van der Waals surface area contributed by atoms with Gasteiger partial charge in [0.25, 0.3) is 0 Å². The SMILES string of the molecule is O=C(C1CC1)N1CC[C@H](c2cc(-c3ccc(F)cc3)n[nH]2)C1. The van der Waals surface area contributed by atoms with E-state index in [1.807, 2.05) is 11.0 Å². The number of benzene rings is 1. The van der Waals surface area contributed by atoms with Crippen molar-refractivity contribution in [3.05, 3.63) is 41.8 Å². The van der Waals surface area contributed by atoms with E-state index in [1.165, 1.54) is 12.1 Å². The first-order valence-corrected chi connectivity index (χ1v) is 7.81. The molecule has 2 heterocycles. The zero-order valence-corrected chi connectivity index (χ0v) is 12.3. The number of nitrogens with zero attached hydrogens (tertiary/aromatic N) is 2. The Kier molecular flexibility index (Phi) is 3.21. The van der Waals surface area contributed by atoms with Crippen LogP contribution in [0.25, 0.3) is 11.3 Å². The Bertz CT molecular complexity index is 690. The average molecular weight is 299 g/mol. The molecule has 0 unspecified atom stereocenters.